The van der Waals surface area contributed by atoms with Gasteiger partial charge in [0, 0.05) is 17.8 Å². The standard InChI is InChI=1S/C12H19N3S/c1-7-14-8(6-16-7)5-11(15-13)12-9-3-2-4-10(9)12/h6,9-12,15H,2-5,13H2,1H3. The molecule has 3 N–H and O–H groups in total. The molecule has 0 bridgehead atoms. The van der Waals surface area contributed by atoms with E-state index in [1.54, 1.807) is 11.3 Å². The number of nitrogens with two attached hydrogens (primary N) is 1. The molecule has 0 spiro atoms. The van der Waals surface area contributed by atoms with Gasteiger partial charge in [0.05, 0.1) is 10.7 Å². The topological polar surface area (TPSA) is 50.9 Å². The molecule has 0 aromatic carbocycles. The van der Waals surface area contributed by atoms with Crippen LogP contribution in [0.3, 0.4) is 0 Å². The van der Waals surface area contributed by atoms with Gasteiger partial charge in [0.1, 0.15) is 0 Å². The summed E-state index contributed by atoms with van der Waals surface area (Å²) < 4.78 is 0. The molecule has 1 aromatic heterocycles. The summed E-state index contributed by atoms with van der Waals surface area (Å²) >= 11 is 1.73. The van der Waals surface area contributed by atoms with Crippen molar-refractivity contribution in [3.8, 4) is 0 Å². The van der Waals surface area contributed by atoms with Crippen LogP contribution < -0.4 is 11.3 Å². The Kier molecular flexibility index (Phi) is 2.73. The van der Waals surface area contributed by atoms with Crippen molar-refractivity contribution < 1.29 is 0 Å². The largest absolute Gasteiger partial charge is 0.271 e. The summed E-state index contributed by atoms with van der Waals surface area (Å²) in [5.74, 6) is 8.44. The Morgan fingerprint density at radius 3 is 2.88 bits per heavy atom. The van der Waals surface area contributed by atoms with Crippen LogP contribution in [0.15, 0.2) is 5.38 Å². The van der Waals surface area contributed by atoms with Gasteiger partial charge < -0.3 is 0 Å². The molecule has 0 radical (unpaired) electrons. The third kappa shape index (κ3) is 1.79. The van der Waals surface area contributed by atoms with Crippen molar-refractivity contribution in [3.05, 3.63) is 16.1 Å². The number of nitrogens with one attached hydrogen (secondary N) is 1. The Hall–Kier alpha value is -0.450. The highest BCUT2D eigenvalue weighted by Gasteiger charge is 2.55. The fourth-order valence-electron chi connectivity index (χ4n) is 3.51. The number of aromatic nitrogens is 1. The Bertz CT molecular complexity index is 366. The zero-order valence-corrected chi connectivity index (χ0v) is 10.5. The van der Waals surface area contributed by atoms with E-state index in [4.69, 9.17) is 5.84 Å². The van der Waals surface area contributed by atoms with Gasteiger partial charge in [-0.25, -0.2) is 4.98 Å². The minimum atomic E-state index is 0.441. The number of thiazole rings is 1. The first-order chi connectivity index (χ1) is 7.79. The van der Waals surface area contributed by atoms with Crippen LogP contribution in [0.5, 0.6) is 0 Å². The molecule has 3 atom stereocenters. The van der Waals surface area contributed by atoms with Crippen LogP contribution in [0, 0.1) is 24.7 Å². The Morgan fingerprint density at radius 1 is 1.56 bits per heavy atom. The lowest BCUT2D eigenvalue weighted by Gasteiger charge is -2.16. The molecule has 2 fully saturated rings. The highest BCUT2D eigenvalue weighted by molar-refractivity contribution is 7.09. The van der Waals surface area contributed by atoms with Gasteiger partial charge in [0.2, 0.25) is 0 Å². The molecule has 3 nitrogen and oxygen atoms in total. The molecule has 16 heavy (non-hydrogen) atoms. The monoisotopic (exact) mass is 237 g/mol. The normalized spacial score (nSPS) is 33.8. The van der Waals surface area contributed by atoms with E-state index in [2.05, 4.69) is 22.7 Å². The van der Waals surface area contributed by atoms with Crippen molar-refractivity contribution in [2.45, 2.75) is 38.6 Å². The highest BCUT2D eigenvalue weighted by atomic mass is 32.1. The maximum atomic E-state index is 5.70. The minimum absolute atomic E-state index is 0.441. The third-order valence-corrected chi connectivity index (χ3v) is 5.07. The van der Waals surface area contributed by atoms with Crippen molar-refractivity contribution in [2.75, 3.05) is 0 Å². The molecule has 1 aromatic rings. The number of fused-ring (bicyclic) bond motifs is 1. The van der Waals surface area contributed by atoms with Crippen molar-refractivity contribution in [2.24, 2.45) is 23.6 Å². The van der Waals surface area contributed by atoms with E-state index in [9.17, 15) is 0 Å². The summed E-state index contributed by atoms with van der Waals surface area (Å²) in [6, 6.07) is 0.441. The predicted octanol–water partition coefficient (Wildman–Crippen LogP) is 1.87. The molecule has 2 aliphatic carbocycles. The van der Waals surface area contributed by atoms with Crippen LogP contribution in [-0.2, 0) is 6.42 Å². The lowest BCUT2D eigenvalue weighted by Crippen LogP contribution is -2.39. The number of nitrogens with zero attached hydrogens (tertiary/aromatic N) is 1. The Balaban J connectivity index is 1.64. The van der Waals surface area contributed by atoms with Gasteiger partial charge in [-0.2, -0.15) is 0 Å². The maximum Gasteiger partial charge on any atom is 0.0897 e. The smallest absolute Gasteiger partial charge is 0.0897 e. The van der Waals surface area contributed by atoms with E-state index in [1.165, 1.54) is 25.0 Å². The van der Waals surface area contributed by atoms with E-state index in [-0.39, 0.29) is 0 Å². The van der Waals surface area contributed by atoms with Crippen LogP contribution in [0.2, 0.25) is 0 Å². The van der Waals surface area contributed by atoms with E-state index in [0.717, 1.165) is 29.2 Å². The zero-order chi connectivity index (χ0) is 11.1. The predicted molar refractivity (Wildman–Crippen MR) is 66.0 cm³/mol. The van der Waals surface area contributed by atoms with Gasteiger partial charge in [-0.3, -0.25) is 11.3 Å². The number of hydrogen-bond donors (Lipinski definition) is 2. The molecule has 2 saturated carbocycles. The summed E-state index contributed by atoms with van der Waals surface area (Å²) in [6.45, 7) is 2.06. The summed E-state index contributed by atoms with van der Waals surface area (Å²) in [5, 5.41) is 3.32. The fourth-order valence-corrected chi connectivity index (χ4v) is 4.13. The average molecular weight is 237 g/mol. The molecular formula is C12H19N3S. The SMILES string of the molecule is Cc1nc(CC(NN)C2C3CCCC32)cs1. The van der Waals surface area contributed by atoms with Crippen LogP contribution >= 0.6 is 11.3 Å². The molecule has 0 amide bonds. The molecule has 3 unspecified atom stereocenters. The molecule has 88 valence electrons. The lowest BCUT2D eigenvalue weighted by molar-refractivity contribution is 0.408. The molecular weight excluding hydrogens is 218 g/mol. The van der Waals surface area contributed by atoms with Crippen molar-refractivity contribution in [1.29, 1.82) is 0 Å². The van der Waals surface area contributed by atoms with Gasteiger partial charge in [0.15, 0.2) is 0 Å². The molecule has 3 rings (SSSR count). The van der Waals surface area contributed by atoms with Gasteiger partial charge in [-0.15, -0.1) is 11.3 Å². The lowest BCUT2D eigenvalue weighted by atomic mass is 10.0. The van der Waals surface area contributed by atoms with E-state index in [0.29, 0.717) is 6.04 Å². The van der Waals surface area contributed by atoms with Gasteiger partial charge in [0.25, 0.3) is 0 Å². The van der Waals surface area contributed by atoms with E-state index < -0.39 is 0 Å². The first kappa shape index (κ1) is 10.7. The number of hydrazine groups is 1. The number of aryl methyl sites for hydroxylation is 1. The molecule has 4 heteroatoms. The van der Waals surface area contributed by atoms with Crippen molar-refractivity contribution >= 4 is 11.3 Å². The zero-order valence-electron chi connectivity index (χ0n) is 9.65. The van der Waals surface area contributed by atoms with Crippen LogP contribution in [-0.4, -0.2) is 11.0 Å². The summed E-state index contributed by atoms with van der Waals surface area (Å²) in [7, 11) is 0. The summed E-state index contributed by atoms with van der Waals surface area (Å²) in [5.41, 5.74) is 4.22. The molecule has 0 saturated heterocycles. The highest BCUT2D eigenvalue weighted by Crippen LogP contribution is 2.59. The molecule has 2 aliphatic rings. The van der Waals surface area contributed by atoms with Crippen LogP contribution in [0.1, 0.15) is 30.0 Å². The van der Waals surface area contributed by atoms with Crippen molar-refractivity contribution in [3.63, 3.8) is 0 Å². The van der Waals surface area contributed by atoms with Gasteiger partial charge in [-0.05, 0) is 37.5 Å². The Morgan fingerprint density at radius 2 is 2.31 bits per heavy atom. The fraction of sp³-hybridized carbons (Fsp3) is 0.750. The first-order valence-electron chi connectivity index (χ1n) is 6.16. The second-order valence-electron chi connectivity index (χ2n) is 5.17. The molecule has 1 heterocycles. The Labute approximate surface area is 100 Å². The summed E-state index contributed by atoms with van der Waals surface area (Å²) in [6.07, 6.45) is 5.27. The third-order valence-electron chi connectivity index (χ3n) is 4.25. The first-order valence-corrected chi connectivity index (χ1v) is 7.04. The van der Waals surface area contributed by atoms with Crippen LogP contribution in [0.25, 0.3) is 0 Å². The van der Waals surface area contributed by atoms with Crippen LogP contribution in [0.4, 0.5) is 0 Å². The average Bonchev–Trinajstić information content (AvgIpc) is 2.70. The molecule has 0 aliphatic heterocycles. The second kappa shape index (κ2) is 4.09. The van der Waals surface area contributed by atoms with E-state index >= 15 is 0 Å². The summed E-state index contributed by atoms with van der Waals surface area (Å²) in [4.78, 5) is 4.53. The van der Waals surface area contributed by atoms with E-state index in [1.807, 2.05) is 0 Å². The number of rotatable bonds is 4. The second-order valence-corrected chi connectivity index (χ2v) is 6.23. The van der Waals surface area contributed by atoms with Crippen molar-refractivity contribution in [1.82, 2.24) is 10.4 Å². The number of hydrogen-bond acceptors (Lipinski definition) is 4. The minimum Gasteiger partial charge on any atom is -0.271 e. The van der Waals surface area contributed by atoms with Gasteiger partial charge >= 0.3 is 0 Å². The quantitative estimate of drug-likeness (QED) is 0.621. The maximum absolute atomic E-state index is 5.70. The van der Waals surface area contributed by atoms with Gasteiger partial charge in [-0.1, -0.05) is 6.42 Å².